The molecule has 0 aliphatic heterocycles. The summed E-state index contributed by atoms with van der Waals surface area (Å²) in [7, 11) is 1.37. The Kier molecular flexibility index (Phi) is 5.33. The van der Waals surface area contributed by atoms with Gasteiger partial charge in [0.25, 0.3) is 0 Å². The Morgan fingerprint density at radius 2 is 2.18 bits per heavy atom. The van der Waals surface area contributed by atoms with E-state index in [2.05, 4.69) is 12.2 Å². The first-order valence-corrected chi connectivity index (χ1v) is 5.90. The molecule has 3 N–H and O–H groups in total. The average Bonchev–Trinajstić information content (AvgIpc) is 2.35. The Labute approximate surface area is 102 Å². The van der Waals surface area contributed by atoms with E-state index >= 15 is 0 Å². The Morgan fingerprint density at radius 3 is 2.82 bits per heavy atom. The summed E-state index contributed by atoms with van der Waals surface area (Å²) in [6.07, 6.45) is 3.43. The molecule has 0 saturated heterocycles. The van der Waals surface area contributed by atoms with Crippen molar-refractivity contribution in [3.8, 4) is 0 Å². The monoisotopic (exact) mass is 236 g/mol. The molecule has 1 aromatic carbocycles. The number of ether oxygens (including phenoxy) is 1. The molecule has 0 aromatic heterocycles. The number of methoxy groups -OCH3 is 1. The van der Waals surface area contributed by atoms with Gasteiger partial charge in [-0.1, -0.05) is 19.8 Å². The van der Waals surface area contributed by atoms with Gasteiger partial charge >= 0.3 is 5.97 Å². The number of anilines is 2. The van der Waals surface area contributed by atoms with E-state index in [1.54, 1.807) is 12.1 Å². The number of hydrogen-bond donors (Lipinski definition) is 2. The van der Waals surface area contributed by atoms with Crippen molar-refractivity contribution in [3.63, 3.8) is 0 Å². The minimum Gasteiger partial charge on any atom is -0.465 e. The van der Waals surface area contributed by atoms with Crippen LogP contribution in [0.2, 0.25) is 0 Å². The third kappa shape index (κ3) is 3.98. The molecule has 0 atom stereocenters. The predicted octanol–water partition coefficient (Wildman–Crippen LogP) is 2.66. The number of carbonyl (C=O) groups is 1. The molecular formula is C13H20N2O2. The van der Waals surface area contributed by atoms with Crippen LogP contribution in [0.5, 0.6) is 0 Å². The molecule has 94 valence electrons. The van der Waals surface area contributed by atoms with Crippen LogP contribution in [0, 0.1) is 0 Å². The van der Waals surface area contributed by atoms with E-state index in [-0.39, 0.29) is 5.97 Å². The number of unbranched alkanes of at least 4 members (excludes halogenated alkanes) is 2. The van der Waals surface area contributed by atoms with E-state index in [9.17, 15) is 4.79 Å². The van der Waals surface area contributed by atoms with Gasteiger partial charge in [-0.15, -0.1) is 0 Å². The molecule has 0 fully saturated rings. The molecule has 0 spiro atoms. The summed E-state index contributed by atoms with van der Waals surface area (Å²) in [5, 5.41) is 3.23. The molecule has 4 nitrogen and oxygen atoms in total. The number of benzene rings is 1. The van der Waals surface area contributed by atoms with Crippen LogP contribution >= 0.6 is 0 Å². The Bertz CT molecular complexity index is 378. The highest BCUT2D eigenvalue weighted by molar-refractivity contribution is 5.96. The van der Waals surface area contributed by atoms with E-state index in [1.807, 2.05) is 6.07 Å². The number of hydrogen-bond acceptors (Lipinski definition) is 4. The Hall–Kier alpha value is -1.71. The first-order chi connectivity index (χ1) is 8.19. The van der Waals surface area contributed by atoms with E-state index in [0.717, 1.165) is 18.7 Å². The van der Waals surface area contributed by atoms with Crippen LogP contribution in [0.3, 0.4) is 0 Å². The van der Waals surface area contributed by atoms with E-state index in [1.165, 1.54) is 20.0 Å². The van der Waals surface area contributed by atoms with Gasteiger partial charge in [0.1, 0.15) is 0 Å². The Balaban J connectivity index is 2.72. The summed E-state index contributed by atoms with van der Waals surface area (Å²) < 4.78 is 4.72. The van der Waals surface area contributed by atoms with Gasteiger partial charge in [0.2, 0.25) is 0 Å². The lowest BCUT2D eigenvalue weighted by atomic mass is 10.1. The van der Waals surface area contributed by atoms with E-state index in [4.69, 9.17) is 10.5 Å². The minimum atomic E-state index is -0.365. The lowest BCUT2D eigenvalue weighted by Crippen LogP contribution is -2.09. The molecule has 17 heavy (non-hydrogen) atoms. The van der Waals surface area contributed by atoms with Crippen molar-refractivity contribution in [2.24, 2.45) is 0 Å². The zero-order valence-corrected chi connectivity index (χ0v) is 10.5. The third-order valence-corrected chi connectivity index (χ3v) is 2.54. The van der Waals surface area contributed by atoms with Gasteiger partial charge < -0.3 is 15.8 Å². The van der Waals surface area contributed by atoms with Crippen molar-refractivity contribution in [3.05, 3.63) is 23.8 Å². The normalized spacial score (nSPS) is 10.0. The van der Waals surface area contributed by atoms with Crippen LogP contribution in [0.1, 0.15) is 36.5 Å². The van der Waals surface area contributed by atoms with Crippen LogP contribution in [0.15, 0.2) is 18.2 Å². The summed E-state index contributed by atoms with van der Waals surface area (Å²) in [6, 6.07) is 5.22. The highest BCUT2D eigenvalue weighted by Gasteiger charge is 2.11. The van der Waals surface area contributed by atoms with Gasteiger partial charge in [-0.05, 0) is 24.6 Å². The lowest BCUT2D eigenvalue weighted by molar-refractivity contribution is 0.0602. The lowest BCUT2D eigenvalue weighted by Gasteiger charge is -2.11. The van der Waals surface area contributed by atoms with Gasteiger partial charge in [-0.2, -0.15) is 0 Å². The number of esters is 1. The summed E-state index contributed by atoms with van der Waals surface area (Å²) in [5.41, 5.74) is 7.49. The van der Waals surface area contributed by atoms with E-state index in [0.29, 0.717) is 11.3 Å². The smallest absolute Gasteiger partial charge is 0.340 e. The van der Waals surface area contributed by atoms with Crippen LogP contribution in [0.4, 0.5) is 11.4 Å². The molecule has 0 heterocycles. The fourth-order valence-electron chi connectivity index (χ4n) is 1.59. The van der Waals surface area contributed by atoms with Crippen LogP contribution in [-0.2, 0) is 4.74 Å². The fourth-order valence-corrected chi connectivity index (χ4v) is 1.59. The molecule has 1 aromatic rings. The van der Waals surface area contributed by atoms with Crippen molar-refractivity contribution in [2.75, 3.05) is 24.7 Å². The second kappa shape index (κ2) is 6.78. The summed E-state index contributed by atoms with van der Waals surface area (Å²) in [5.74, 6) is -0.365. The molecule has 0 amide bonds. The molecule has 1 rings (SSSR count). The maximum atomic E-state index is 11.6. The predicted molar refractivity (Wildman–Crippen MR) is 70.2 cm³/mol. The number of nitrogen functional groups attached to an aromatic ring is 1. The Morgan fingerprint density at radius 1 is 1.41 bits per heavy atom. The van der Waals surface area contributed by atoms with Gasteiger partial charge in [0.15, 0.2) is 0 Å². The second-order valence-corrected chi connectivity index (χ2v) is 3.93. The zero-order valence-electron chi connectivity index (χ0n) is 10.5. The minimum absolute atomic E-state index is 0.365. The highest BCUT2D eigenvalue weighted by atomic mass is 16.5. The van der Waals surface area contributed by atoms with Crippen LogP contribution < -0.4 is 11.1 Å². The van der Waals surface area contributed by atoms with Gasteiger partial charge in [-0.3, -0.25) is 0 Å². The summed E-state index contributed by atoms with van der Waals surface area (Å²) in [6.45, 7) is 3.00. The summed E-state index contributed by atoms with van der Waals surface area (Å²) in [4.78, 5) is 11.6. The first kappa shape index (κ1) is 13.4. The SMILES string of the molecule is CCCCCNc1ccc(N)cc1C(=O)OC. The van der Waals surface area contributed by atoms with E-state index < -0.39 is 0 Å². The number of carbonyl (C=O) groups excluding carboxylic acids is 1. The molecule has 0 aliphatic carbocycles. The molecule has 0 radical (unpaired) electrons. The topological polar surface area (TPSA) is 64.3 Å². The van der Waals surface area contributed by atoms with Crippen molar-refractivity contribution in [1.82, 2.24) is 0 Å². The van der Waals surface area contributed by atoms with Crippen molar-refractivity contribution >= 4 is 17.3 Å². The molecular weight excluding hydrogens is 216 g/mol. The fraction of sp³-hybridized carbons (Fsp3) is 0.462. The standard InChI is InChI=1S/C13H20N2O2/c1-3-4-5-8-15-12-7-6-10(14)9-11(12)13(16)17-2/h6-7,9,15H,3-5,8,14H2,1-2H3. The molecule has 4 heteroatoms. The number of rotatable bonds is 6. The zero-order chi connectivity index (χ0) is 12.7. The summed E-state index contributed by atoms with van der Waals surface area (Å²) >= 11 is 0. The van der Waals surface area contributed by atoms with Crippen molar-refractivity contribution in [1.29, 1.82) is 0 Å². The van der Waals surface area contributed by atoms with Crippen LogP contribution in [-0.4, -0.2) is 19.6 Å². The molecule has 0 bridgehead atoms. The molecule has 0 unspecified atom stereocenters. The maximum absolute atomic E-state index is 11.6. The third-order valence-electron chi connectivity index (χ3n) is 2.54. The maximum Gasteiger partial charge on any atom is 0.340 e. The quantitative estimate of drug-likeness (QED) is 0.453. The molecule has 0 saturated carbocycles. The highest BCUT2D eigenvalue weighted by Crippen LogP contribution is 2.19. The van der Waals surface area contributed by atoms with Crippen LogP contribution in [0.25, 0.3) is 0 Å². The first-order valence-electron chi connectivity index (χ1n) is 5.90. The number of nitrogens with one attached hydrogen (secondary N) is 1. The van der Waals surface area contributed by atoms with Gasteiger partial charge in [-0.25, -0.2) is 4.79 Å². The average molecular weight is 236 g/mol. The second-order valence-electron chi connectivity index (χ2n) is 3.93. The van der Waals surface area contributed by atoms with Gasteiger partial charge in [0, 0.05) is 17.9 Å². The number of nitrogens with two attached hydrogens (primary N) is 1. The largest absolute Gasteiger partial charge is 0.465 e. The van der Waals surface area contributed by atoms with Crippen molar-refractivity contribution in [2.45, 2.75) is 26.2 Å². The van der Waals surface area contributed by atoms with Gasteiger partial charge in [0.05, 0.1) is 12.7 Å². The van der Waals surface area contributed by atoms with Crippen molar-refractivity contribution < 1.29 is 9.53 Å². The molecule has 0 aliphatic rings.